The summed E-state index contributed by atoms with van der Waals surface area (Å²) in [5.74, 6) is -0.323. The normalized spacial score (nSPS) is 10.5. The van der Waals surface area contributed by atoms with Gasteiger partial charge >= 0.3 is 0 Å². The lowest BCUT2D eigenvalue weighted by Gasteiger charge is -1.99. The number of carbonyl (C=O) groups is 1. The Bertz CT molecular complexity index is 601. The van der Waals surface area contributed by atoms with Gasteiger partial charge in [0.25, 0.3) is 6.47 Å². The van der Waals surface area contributed by atoms with Crippen molar-refractivity contribution in [1.82, 2.24) is 5.16 Å². The summed E-state index contributed by atoms with van der Waals surface area (Å²) in [5.41, 5.74) is 0.871. The topological polar surface area (TPSA) is 52.3 Å². The van der Waals surface area contributed by atoms with Crippen LogP contribution in [-0.2, 0) is 16.0 Å². The van der Waals surface area contributed by atoms with E-state index >= 15 is 0 Å². The van der Waals surface area contributed by atoms with Crippen molar-refractivity contribution in [3.8, 4) is 11.3 Å². The first kappa shape index (κ1) is 13.8. The van der Waals surface area contributed by atoms with Gasteiger partial charge in [0.2, 0.25) is 0 Å². The smallest absolute Gasteiger partial charge is 0.293 e. The van der Waals surface area contributed by atoms with Crippen LogP contribution < -0.4 is 0 Å². The molecule has 0 spiro atoms. The second kappa shape index (κ2) is 6.04. The third kappa shape index (κ3) is 3.05. The predicted octanol–water partition coefficient (Wildman–Crippen LogP) is 3.50. The maximum atomic E-state index is 13.4. The van der Waals surface area contributed by atoms with Gasteiger partial charge in [-0.25, -0.2) is 4.39 Å². The van der Waals surface area contributed by atoms with Gasteiger partial charge in [0.05, 0.1) is 11.6 Å². The minimum absolute atomic E-state index is 0.0130. The zero-order valence-electron chi connectivity index (χ0n) is 9.53. The highest BCUT2D eigenvalue weighted by atomic mass is 35.5. The summed E-state index contributed by atoms with van der Waals surface area (Å²) in [5, 5.41) is 4.03. The van der Waals surface area contributed by atoms with Gasteiger partial charge in [0, 0.05) is 12.0 Å². The van der Waals surface area contributed by atoms with Gasteiger partial charge < -0.3 is 9.26 Å². The molecule has 19 heavy (non-hydrogen) atoms. The van der Waals surface area contributed by atoms with Crippen molar-refractivity contribution in [2.75, 3.05) is 6.61 Å². The van der Waals surface area contributed by atoms with Gasteiger partial charge in [0.1, 0.15) is 16.5 Å². The van der Waals surface area contributed by atoms with E-state index in [1.807, 2.05) is 0 Å². The van der Waals surface area contributed by atoms with Crippen LogP contribution in [0.5, 0.6) is 0 Å². The molecule has 0 amide bonds. The quantitative estimate of drug-likeness (QED) is 0.626. The number of aromatic nitrogens is 1. The van der Waals surface area contributed by atoms with E-state index in [2.05, 4.69) is 9.89 Å². The Labute approximate surface area is 118 Å². The maximum Gasteiger partial charge on any atom is 0.293 e. The number of hydrogen-bond donors (Lipinski definition) is 0. The number of carbonyl (C=O) groups excluding carboxylic acids is 1. The molecular weight excluding hydrogens is 296 g/mol. The van der Waals surface area contributed by atoms with Crippen molar-refractivity contribution < 1.29 is 18.4 Å². The number of ether oxygens (including phenoxy) is 1. The molecule has 0 bridgehead atoms. The minimum atomic E-state index is -0.572. The standard InChI is InChI=1S/C12H8Cl2FNO3/c13-8-2-1-7(5-9(8)15)12-11(14)10(16-19-12)3-4-18-6-17/h1-2,5-6H,3-4H2. The Morgan fingerprint density at radius 3 is 2.89 bits per heavy atom. The van der Waals surface area contributed by atoms with Gasteiger partial charge in [0.15, 0.2) is 5.76 Å². The van der Waals surface area contributed by atoms with Gasteiger partial charge in [-0.05, 0) is 18.2 Å². The van der Waals surface area contributed by atoms with Crippen molar-refractivity contribution >= 4 is 29.7 Å². The molecule has 0 saturated heterocycles. The largest absolute Gasteiger partial charge is 0.467 e. The molecule has 0 radical (unpaired) electrons. The Morgan fingerprint density at radius 1 is 1.42 bits per heavy atom. The van der Waals surface area contributed by atoms with Crippen molar-refractivity contribution in [2.24, 2.45) is 0 Å². The molecule has 100 valence electrons. The van der Waals surface area contributed by atoms with E-state index in [0.717, 1.165) is 0 Å². The molecule has 7 heteroatoms. The average Bonchev–Trinajstić information content (AvgIpc) is 2.75. The molecule has 0 N–H and O–H groups in total. The van der Waals surface area contributed by atoms with E-state index in [9.17, 15) is 9.18 Å². The minimum Gasteiger partial charge on any atom is -0.467 e. The second-order valence-corrected chi connectivity index (χ2v) is 4.40. The van der Waals surface area contributed by atoms with Crippen LogP contribution in [0, 0.1) is 5.82 Å². The van der Waals surface area contributed by atoms with Crippen molar-refractivity contribution in [1.29, 1.82) is 0 Å². The highest BCUT2D eigenvalue weighted by Gasteiger charge is 2.16. The van der Waals surface area contributed by atoms with Crippen molar-refractivity contribution in [2.45, 2.75) is 6.42 Å². The van der Waals surface area contributed by atoms with E-state index < -0.39 is 5.82 Å². The Morgan fingerprint density at radius 2 is 2.21 bits per heavy atom. The monoisotopic (exact) mass is 303 g/mol. The summed E-state index contributed by atoms with van der Waals surface area (Å²) in [6.45, 7) is 0.480. The number of nitrogens with zero attached hydrogens (tertiary/aromatic N) is 1. The summed E-state index contributed by atoms with van der Waals surface area (Å²) in [6.07, 6.45) is 0.317. The molecule has 0 unspecified atom stereocenters. The lowest BCUT2D eigenvalue weighted by atomic mass is 10.1. The SMILES string of the molecule is O=COCCc1noc(-c2ccc(Cl)c(F)c2)c1Cl. The van der Waals surface area contributed by atoms with Crippen LogP contribution >= 0.6 is 23.2 Å². The van der Waals surface area contributed by atoms with Crippen LogP contribution in [0.1, 0.15) is 5.69 Å². The molecule has 0 atom stereocenters. The van der Waals surface area contributed by atoms with E-state index in [1.165, 1.54) is 12.1 Å². The van der Waals surface area contributed by atoms with Crippen LogP contribution in [0.15, 0.2) is 22.7 Å². The highest BCUT2D eigenvalue weighted by Crippen LogP contribution is 2.32. The molecule has 1 aromatic carbocycles. The first-order valence-corrected chi connectivity index (χ1v) is 6.03. The van der Waals surface area contributed by atoms with E-state index in [-0.39, 0.29) is 22.4 Å². The maximum absolute atomic E-state index is 13.4. The number of halogens is 3. The van der Waals surface area contributed by atoms with Crippen LogP contribution in [-0.4, -0.2) is 18.2 Å². The van der Waals surface area contributed by atoms with Crippen molar-refractivity contribution in [3.05, 3.63) is 39.8 Å². The molecule has 0 aliphatic rings. The van der Waals surface area contributed by atoms with Crippen LogP contribution in [0.3, 0.4) is 0 Å². The zero-order chi connectivity index (χ0) is 13.8. The van der Waals surface area contributed by atoms with E-state index in [4.69, 9.17) is 27.7 Å². The molecule has 1 heterocycles. The Hall–Kier alpha value is -1.59. The highest BCUT2D eigenvalue weighted by molar-refractivity contribution is 6.33. The third-order valence-corrected chi connectivity index (χ3v) is 3.10. The second-order valence-electron chi connectivity index (χ2n) is 3.62. The molecule has 4 nitrogen and oxygen atoms in total. The van der Waals surface area contributed by atoms with Gasteiger partial charge in [-0.15, -0.1) is 0 Å². The molecule has 0 aliphatic heterocycles. The fourth-order valence-electron chi connectivity index (χ4n) is 1.49. The molecule has 0 saturated carbocycles. The molecule has 0 fully saturated rings. The summed E-state index contributed by atoms with van der Waals surface area (Å²) in [4.78, 5) is 10.0. The Balaban J connectivity index is 2.25. The third-order valence-electron chi connectivity index (χ3n) is 2.41. The van der Waals surface area contributed by atoms with Crippen LogP contribution in [0.2, 0.25) is 10.0 Å². The molecule has 2 aromatic rings. The van der Waals surface area contributed by atoms with Gasteiger partial charge in [-0.2, -0.15) is 0 Å². The first-order chi connectivity index (χ1) is 9.13. The summed E-state index contributed by atoms with van der Waals surface area (Å²) >= 11 is 11.7. The number of hydrogen-bond acceptors (Lipinski definition) is 4. The summed E-state index contributed by atoms with van der Waals surface area (Å²) in [6, 6.07) is 4.18. The molecule has 1 aromatic heterocycles. The predicted molar refractivity (Wildman–Crippen MR) is 67.6 cm³/mol. The van der Waals surface area contributed by atoms with Crippen LogP contribution in [0.4, 0.5) is 4.39 Å². The molecule has 2 rings (SSSR count). The lowest BCUT2D eigenvalue weighted by molar-refractivity contribution is -0.128. The first-order valence-electron chi connectivity index (χ1n) is 5.28. The van der Waals surface area contributed by atoms with Gasteiger partial charge in [-0.1, -0.05) is 28.4 Å². The number of benzene rings is 1. The Kier molecular flexibility index (Phi) is 4.39. The van der Waals surface area contributed by atoms with Gasteiger partial charge in [-0.3, -0.25) is 4.79 Å². The van der Waals surface area contributed by atoms with Crippen LogP contribution in [0.25, 0.3) is 11.3 Å². The van der Waals surface area contributed by atoms with E-state index in [1.54, 1.807) is 6.07 Å². The number of rotatable bonds is 5. The van der Waals surface area contributed by atoms with E-state index in [0.29, 0.717) is 24.2 Å². The molecule has 0 aliphatic carbocycles. The molecular formula is C12H8Cl2FNO3. The lowest BCUT2D eigenvalue weighted by Crippen LogP contribution is -1.97. The summed E-state index contributed by atoms with van der Waals surface area (Å²) < 4.78 is 23.0. The van der Waals surface area contributed by atoms with Crippen molar-refractivity contribution in [3.63, 3.8) is 0 Å². The average molecular weight is 304 g/mol. The summed E-state index contributed by atoms with van der Waals surface area (Å²) in [7, 11) is 0. The zero-order valence-corrected chi connectivity index (χ0v) is 11.0. The fourth-order valence-corrected chi connectivity index (χ4v) is 1.88. The fraction of sp³-hybridized carbons (Fsp3) is 0.167.